The number of ether oxygens (including phenoxy) is 2. The van der Waals surface area contributed by atoms with E-state index in [0.717, 1.165) is 103 Å². The number of aliphatic hydroxyl groups excluding tert-OH is 2. The summed E-state index contributed by atoms with van der Waals surface area (Å²) in [5.74, 6) is -0.450. The number of phosphoric acid groups is 1. The fraction of sp³-hybridized carbons (Fsp3) is 0.580. The van der Waals surface area contributed by atoms with Crippen molar-refractivity contribution in [3.8, 4) is 0 Å². The number of rotatable bonds is 41. The van der Waals surface area contributed by atoms with Gasteiger partial charge in [-0.3, -0.25) is 13.8 Å². The van der Waals surface area contributed by atoms with E-state index in [1.54, 1.807) is 0 Å². The molecule has 0 aliphatic heterocycles. The third kappa shape index (κ3) is 44.4. The van der Waals surface area contributed by atoms with Crippen LogP contribution < -0.4 is 0 Å². The maximum Gasteiger partial charge on any atom is 0.472 e. The van der Waals surface area contributed by atoms with Crippen LogP contribution in [0.3, 0.4) is 0 Å². The first-order valence-corrected chi connectivity index (χ1v) is 24.0. The quantitative estimate of drug-likeness (QED) is 0.0238. The smallest absolute Gasteiger partial charge is 0.457 e. The van der Waals surface area contributed by atoms with E-state index < -0.39 is 45.8 Å². The number of unbranched alkanes of at least 4 members (excludes halogenated alkanes) is 7. The summed E-state index contributed by atoms with van der Waals surface area (Å²) in [5, 5.41) is 18.4. The lowest BCUT2D eigenvalue weighted by atomic mass is 10.1. The number of phosphoric ester groups is 1. The Balaban J connectivity index is 4.30. The Bertz CT molecular complexity index is 1340. The van der Waals surface area contributed by atoms with Crippen molar-refractivity contribution in [3.63, 3.8) is 0 Å². The van der Waals surface area contributed by atoms with Crippen LogP contribution in [0.2, 0.25) is 0 Å². The van der Waals surface area contributed by atoms with Crippen LogP contribution in [0.5, 0.6) is 0 Å². The van der Waals surface area contributed by atoms with Gasteiger partial charge >= 0.3 is 13.8 Å². The predicted molar refractivity (Wildman–Crippen MR) is 251 cm³/mol. The fourth-order valence-electron chi connectivity index (χ4n) is 5.30. The molecule has 0 spiro atoms. The Hall–Kier alpha value is -3.14. The summed E-state index contributed by atoms with van der Waals surface area (Å²) in [4.78, 5) is 22.6. The molecular formula is C50H81O9P. The molecule has 10 heteroatoms. The predicted octanol–water partition coefficient (Wildman–Crippen LogP) is 12.8. The average Bonchev–Trinajstić information content (AvgIpc) is 3.24. The summed E-state index contributed by atoms with van der Waals surface area (Å²) in [6, 6.07) is 0. The minimum Gasteiger partial charge on any atom is -0.457 e. The zero-order chi connectivity index (χ0) is 43.9. The van der Waals surface area contributed by atoms with Crippen molar-refractivity contribution < 1.29 is 43.0 Å². The van der Waals surface area contributed by atoms with Crippen LogP contribution >= 0.6 is 7.82 Å². The SMILES string of the molecule is CC/C=C\C/C=C\C/C=C\C/C=C\C/C=C\CCCCCCCCOCC(COP(=O)(O)OCC(O)CO)OC(=O)CCC/C=C\C/C=C\C/C=C\C/C=C\C/C=C\CC. The van der Waals surface area contributed by atoms with E-state index in [2.05, 4.69) is 129 Å². The number of allylic oxidation sites excluding steroid dienone is 20. The second-order valence-corrected chi connectivity index (χ2v) is 15.8. The maximum absolute atomic E-state index is 12.6. The molecule has 0 fully saturated rings. The van der Waals surface area contributed by atoms with Gasteiger partial charge in [0.15, 0.2) is 0 Å². The molecule has 3 N–H and O–H groups in total. The van der Waals surface area contributed by atoms with Gasteiger partial charge in [0.05, 0.1) is 26.4 Å². The van der Waals surface area contributed by atoms with E-state index in [9.17, 15) is 19.4 Å². The number of carbonyl (C=O) groups is 1. The molecule has 0 radical (unpaired) electrons. The molecule has 0 saturated carbocycles. The van der Waals surface area contributed by atoms with Crippen molar-refractivity contribution in [2.75, 3.05) is 33.0 Å². The van der Waals surface area contributed by atoms with E-state index in [-0.39, 0.29) is 13.0 Å². The van der Waals surface area contributed by atoms with Crippen molar-refractivity contribution in [1.29, 1.82) is 0 Å². The Morgan fingerprint density at radius 1 is 0.517 bits per heavy atom. The lowest BCUT2D eigenvalue weighted by molar-refractivity contribution is -0.154. The highest BCUT2D eigenvalue weighted by molar-refractivity contribution is 7.47. The normalized spacial score (nSPS) is 15.1. The highest BCUT2D eigenvalue weighted by atomic mass is 31.2. The van der Waals surface area contributed by atoms with E-state index >= 15 is 0 Å². The third-order valence-electron chi connectivity index (χ3n) is 8.64. The Morgan fingerprint density at radius 3 is 1.35 bits per heavy atom. The monoisotopic (exact) mass is 857 g/mol. The third-order valence-corrected chi connectivity index (χ3v) is 9.59. The fourth-order valence-corrected chi connectivity index (χ4v) is 6.09. The van der Waals surface area contributed by atoms with E-state index in [4.69, 9.17) is 23.6 Å². The molecule has 3 atom stereocenters. The average molecular weight is 857 g/mol. The van der Waals surface area contributed by atoms with Crippen LogP contribution in [0, 0.1) is 0 Å². The van der Waals surface area contributed by atoms with Crippen LogP contribution in [-0.2, 0) is 27.9 Å². The standard InChI is InChI=1S/C50H81O9P/c1-3-5-7-9-11-13-15-17-19-21-22-23-24-25-27-29-31-33-35-37-39-41-43-56-46-49(47-58-60(54,55)57-45-48(52)44-51)59-50(53)42-40-38-36-34-32-30-28-26-20-18-16-14-12-10-8-6-4-2/h5-8,11-14,17-20,22-23,25,27-28,30,34,36,48-49,51-52H,3-4,9-10,15-16,21,24,26,29,31-33,35,37-47H2,1-2H3,(H,54,55)/b7-5-,8-6-,13-11-,14-12-,19-17-,20-18-,23-22-,27-25-,30-28-,36-34-. The summed E-state index contributed by atoms with van der Waals surface area (Å²) < 4.78 is 33.3. The van der Waals surface area contributed by atoms with Crippen molar-refractivity contribution in [2.45, 2.75) is 154 Å². The van der Waals surface area contributed by atoms with Crippen molar-refractivity contribution in [2.24, 2.45) is 0 Å². The lowest BCUT2D eigenvalue weighted by Crippen LogP contribution is -2.29. The molecule has 9 nitrogen and oxygen atoms in total. The zero-order valence-electron chi connectivity index (χ0n) is 37.1. The number of hydrogen-bond acceptors (Lipinski definition) is 8. The van der Waals surface area contributed by atoms with Crippen LogP contribution in [0.4, 0.5) is 0 Å². The molecule has 0 aliphatic rings. The first kappa shape index (κ1) is 56.9. The minimum atomic E-state index is -4.55. The largest absolute Gasteiger partial charge is 0.472 e. The van der Waals surface area contributed by atoms with Crippen molar-refractivity contribution in [1.82, 2.24) is 0 Å². The Kier molecular flexibility index (Phi) is 43.0. The zero-order valence-corrected chi connectivity index (χ0v) is 38.0. The van der Waals surface area contributed by atoms with Gasteiger partial charge in [-0.25, -0.2) is 4.57 Å². The molecule has 0 aliphatic carbocycles. The highest BCUT2D eigenvalue weighted by Gasteiger charge is 2.26. The van der Waals surface area contributed by atoms with Gasteiger partial charge in [0.2, 0.25) is 0 Å². The van der Waals surface area contributed by atoms with Gasteiger partial charge in [-0.15, -0.1) is 0 Å². The molecule has 340 valence electrons. The molecule has 0 bridgehead atoms. The summed E-state index contributed by atoms with van der Waals surface area (Å²) in [7, 11) is -4.55. The van der Waals surface area contributed by atoms with E-state index in [1.165, 1.54) is 12.8 Å². The molecule has 0 amide bonds. The molecule has 0 saturated heterocycles. The molecule has 60 heavy (non-hydrogen) atoms. The summed E-state index contributed by atoms with van der Waals surface area (Å²) in [6.07, 6.45) is 60.2. The van der Waals surface area contributed by atoms with Crippen molar-refractivity contribution >= 4 is 13.8 Å². The minimum absolute atomic E-state index is 0.00697. The second-order valence-electron chi connectivity index (χ2n) is 14.3. The first-order chi connectivity index (χ1) is 29.3. The Morgan fingerprint density at radius 2 is 0.900 bits per heavy atom. The van der Waals surface area contributed by atoms with Gasteiger partial charge < -0.3 is 24.6 Å². The van der Waals surface area contributed by atoms with Gasteiger partial charge in [-0.05, 0) is 96.3 Å². The van der Waals surface area contributed by atoms with Gasteiger partial charge in [0.1, 0.15) is 12.2 Å². The Labute approximate surface area is 364 Å². The molecule has 0 heterocycles. The summed E-state index contributed by atoms with van der Waals surface area (Å²) in [6.45, 7) is 3.14. The second kappa shape index (κ2) is 45.4. The first-order valence-electron chi connectivity index (χ1n) is 22.5. The number of hydrogen-bond donors (Lipinski definition) is 3. The number of carbonyl (C=O) groups excluding carboxylic acids is 1. The lowest BCUT2D eigenvalue weighted by Gasteiger charge is -2.20. The maximum atomic E-state index is 12.6. The number of esters is 1. The molecule has 3 unspecified atom stereocenters. The summed E-state index contributed by atoms with van der Waals surface area (Å²) >= 11 is 0. The highest BCUT2D eigenvalue weighted by Crippen LogP contribution is 2.43. The van der Waals surface area contributed by atoms with Crippen LogP contribution in [0.25, 0.3) is 0 Å². The molecule has 0 aromatic rings. The molecular weight excluding hydrogens is 776 g/mol. The van der Waals surface area contributed by atoms with E-state index in [1.807, 2.05) is 6.08 Å². The molecule has 0 rings (SSSR count). The van der Waals surface area contributed by atoms with Gasteiger partial charge in [-0.2, -0.15) is 0 Å². The topological polar surface area (TPSA) is 132 Å². The molecule has 0 aromatic carbocycles. The van der Waals surface area contributed by atoms with Gasteiger partial charge in [-0.1, -0.05) is 161 Å². The van der Waals surface area contributed by atoms with E-state index in [0.29, 0.717) is 13.0 Å². The molecule has 0 aromatic heterocycles. The van der Waals surface area contributed by atoms with Gasteiger partial charge in [0.25, 0.3) is 0 Å². The summed E-state index contributed by atoms with van der Waals surface area (Å²) in [5.41, 5.74) is 0. The van der Waals surface area contributed by atoms with Crippen LogP contribution in [0.1, 0.15) is 142 Å². The van der Waals surface area contributed by atoms with Gasteiger partial charge in [0, 0.05) is 13.0 Å². The van der Waals surface area contributed by atoms with Crippen LogP contribution in [0.15, 0.2) is 122 Å². The number of aliphatic hydroxyl groups is 2. The van der Waals surface area contributed by atoms with Crippen molar-refractivity contribution in [3.05, 3.63) is 122 Å². The van der Waals surface area contributed by atoms with Crippen LogP contribution in [-0.4, -0.2) is 66.3 Å².